The average molecular weight is 538 g/mol. The third-order valence-electron chi connectivity index (χ3n) is 5.80. The van der Waals surface area contributed by atoms with E-state index in [0.29, 0.717) is 37.5 Å². The van der Waals surface area contributed by atoms with Crippen LogP contribution < -0.4 is 19.6 Å². The first-order valence-corrected chi connectivity index (χ1v) is 12.3. The number of carboxylic acids is 1. The van der Waals surface area contributed by atoms with E-state index >= 15 is 0 Å². The molecule has 0 aliphatic carbocycles. The third-order valence-corrected chi connectivity index (χ3v) is 6.79. The number of aliphatic carboxylic acids is 1. The zero-order chi connectivity index (χ0) is 27.6. The number of allylic oxidation sites excluding steroid dienone is 1. The maximum Gasteiger partial charge on any atom is 0.341 e. The average Bonchev–Trinajstić information content (AvgIpc) is 3.17. The van der Waals surface area contributed by atoms with Crippen molar-refractivity contribution in [3.8, 4) is 5.75 Å². The van der Waals surface area contributed by atoms with Gasteiger partial charge in [-0.05, 0) is 50.1 Å². The fourth-order valence-electron chi connectivity index (χ4n) is 4.06. The Kier molecular flexibility index (Phi) is 7.53. The molecule has 0 radical (unpaired) electrons. The van der Waals surface area contributed by atoms with E-state index in [-0.39, 0.29) is 17.9 Å². The molecule has 0 amide bonds. The minimum absolute atomic E-state index is 0.104. The minimum atomic E-state index is -1.10. The fraction of sp³-hybridized carbons (Fsp3) is 0.231. The molecule has 0 fully saturated rings. The molecule has 1 aliphatic rings. The Bertz CT molecular complexity index is 1650. The van der Waals surface area contributed by atoms with Crippen molar-refractivity contribution in [1.29, 1.82) is 0 Å². The highest BCUT2D eigenvalue weighted by molar-refractivity contribution is 7.07. The van der Waals surface area contributed by atoms with Crippen molar-refractivity contribution in [3.05, 3.63) is 100 Å². The van der Waals surface area contributed by atoms with Crippen molar-refractivity contribution in [2.45, 2.75) is 26.8 Å². The van der Waals surface area contributed by atoms with Gasteiger partial charge in [0.15, 0.2) is 11.4 Å². The number of ether oxygens (including phenoxy) is 2. The Labute approximate surface area is 219 Å². The van der Waals surface area contributed by atoms with E-state index in [1.54, 1.807) is 63.2 Å². The molecule has 1 aliphatic heterocycles. The third kappa shape index (κ3) is 5.25. The Balaban J connectivity index is 1.86. The molecule has 196 valence electrons. The van der Waals surface area contributed by atoms with Crippen molar-refractivity contribution < 1.29 is 29.1 Å². The van der Waals surface area contributed by atoms with Gasteiger partial charge in [-0.15, -0.1) is 0 Å². The molecule has 0 bridgehead atoms. The van der Waals surface area contributed by atoms with Crippen molar-refractivity contribution in [3.63, 3.8) is 0 Å². The summed E-state index contributed by atoms with van der Waals surface area (Å²) in [5, 5.41) is 20.4. The molecule has 0 unspecified atom stereocenters. The lowest BCUT2D eigenvalue weighted by molar-refractivity contribution is -0.385. The molecule has 1 N–H and O–H groups in total. The minimum Gasteiger partial charge on any atom is -0.482 e. The molecular weight excluding hydrogens is 514 g/mol. The summed E-state index contributed by atoms with van der Waals surface area (Å²) in [4.78, 5) is 53.3. The first kappa shape index (κ1) is 26.5. The van der Waals surface area contributed by atoms with E-state index in [1.165, 1.54) is 10.6 Å². The smallest absolute Gasteiger partial charge is 0.341 e. The van der Waals surface area contributed by atoms with Crippen LogP contribution in [0.1, 0.15) is 36.6 Å². The standard InChI is InChI=1S/C26H23N3O8S/c1-4-36-25(33)22-15(3)27-26-28(23(22)17-8-5-14(2)19(12-17)29(34)35)24(32)20(38-26)11-16-6-9-18(10-7-16)37-13-21(30)31/h5-12,23H,4,13H2,1-3H3,(H,30,31)/b20-11+/t23-/m0/s1. The van der Waals surface area contributed by atoms with Gasteiger partial charge in [0.1, 0.15) is 5.75 Å². The number of carbonyl (C=O) groups excluding carboxylic acids is 1. The molecule has 1 atom stereocenters. The molecule has 0 saturated heterocycles. The molecule has 38 heavy (non-hydrogen) atoms. The Morgan fingerprint density at radius 1 is 1.21 bits per heavy atom. The second-order valence-corrected chi connectivity index (χ2v) is 9.37. The van der Waals surface area contributed by atoms with Gasteiger partial charge in [-0.3, -0.25) is 19.5 Å². The lowest BCUT2D eigenvalue weighted by atomic mass is 9.94. The maximum absolute atomic E-state index is 13.6. The first-order valence-electron chi connectivity index (χ1n) is 11.5. The van der Waals surface area contributed by atoms with Gasteiger partial charge >= 0.3 is 11.9 Å². The molecule has 2 heterocycles. The van der Waals surface area contributed by atoms with Gasteiger partial charge in [0.05, 0.1) is 33.4 Å². The van der Waals surface area contributed by atoms with Gasteiger partial charge in [0.25, 0.3) is 11.2 Å². The van der Waals surface area contributed by atoms with Crippen LogP contribution in [0.2, 0.25) is 0 Å². The van der Waals surface area contributed by atoms with E-state index in [9.17, 15) is 24.5 Å². The van der Waals surface area contributed by atoms with E-state index < -0.39 is 35.1 Å². The fourth-order valence-corrected chi connectivity index (χ4v) is 5.10. The Morgan fingerprint density at radius 2 is 1.92 bits per heavy atom. The van der Waals surface area contributed by atoms with Gasteiger partial charge in [-0.2, -0.15) is 0 Å². The van der Waals surface area contributed by atoms with E-state index in [0.717, 1.165) is 11.3 Å². The predicted octanol–water partition coefficient (Wildman–Crippen LogP) is 2.48. The van der Waals surface area contributed by atoms with Crippen LogP contribution in [0.4, 0.5) is 5.69 Å². The van der Waals surface area contributed by atoms with Crippen LogP contribution in [0.5, 0.6) is 5.75 Å². The van der Waals surface area contributed by atoms with Crippen LogP contribution in [0.25, 0.3) is 6.08 Å². The number of nitro benzene ring substituents is 1. The largest absolute Gasteiger partial charge is 0.482 e. The van der Waals surface area contributed by atoms with Gasteiger partial charge < -0.3 is 14.6 Å². The topological polar surface area (TPSA) is 150 Å². The number of esters is 1. The number of nitro groups is 1. The summed E-state index contributed by atoms with van der Waals surface area (Å²) < 4.78 is 12.1. The van der Waals surface area contributed by atoms with Crippen molar-refractivity contribution in [1.82, 2.24) is 4.57 Å². The summed E-state index contributed by atoms with van der Waals surface area (Å²) in [6, 6.07) is 10.1. The summed E-state index contributed by atoms with van der Waals surface area (Å²) in [5.74, 6) is -1.39. The number of benzene rings is 2. The monoisotopic (exact) mass is 537 g/mol. The predicted molar refractivity (Wildman–Crippen MR) is 138 cm³/mol. The zero-order valence-electron chi connectivity index (χ0n) is 20.7. The van der Waals surface area contributed by atoms with Gasteiger partial charge in [0, 0.05) is 11.6 Å². The molecule has 11 nitrogen and oxygen atoms in total. The molecule has 0 saturated carbocycles. The number of carbonyl (C=O) groups is 2. The number of carboxylic acid groups (broad SMARTS) is 1. The second-order valence-electron chi connectivity index (χ2n) is 8.36. The summed E-state index contributed by atoms with van der Waals surface area (Å²) in [7, 11) is 0. The van der Waals surface area contributed by atoms with Crippen LogP contribution in [0.15, 0.2) is 63.5 Å². The van der Waals surface area contributed by atoms with E-state index in [4.69, 9.17) is 14.6 Å². The molecular formula is C26H23N3O8S. The van der Waals surface area contributed by atoms with Gasteiger partial charge in [-0.1, -0.05) is 35.6 Å². The highest BCUT2D eigenvalue weighted by atomic mass is 32.1. The number of aryl methyl sites for hydroxylation is 1. The Hall–Kier alpha value is -4.58. The normalized spacial score (nSPS) is 15.0. The number of hydrogen-bond acceptors (Lipinski definition) is 9. The van der Waals surface area contributed by atoms with Gasteiger partial charge in [0.2, 0.25) is 0 Å². The molecule has 2 aromatic carbocycles. The number of nitrogens with zero attached hydrogens (tertiary/aromatic N) is 3. The molecule has 12 heteroatoms. The molecule has 1 aromatic heterocycles. The van der Waals surface area contributed by atoms with Crippen LogP contribution in [0, 0.1) is 17.0 Å². The summed E-state index contributed by atoms with van der Waals surface area (Å²) in [6.07, 6.45) is 1.64. The Morgan fingerprint density at radius 3 is 2.55 bits per heavy atom. The first-order chi connectivity index (χ1) is 18.1. The second kappa shape index (κ2) is 10.8. The number of hydrogen-bond donors (Lipinski definition) is 1. The number of thiazole rings is 1. The van der Waals surface area contributed by atoms with Crippen molar-refractivity contribution in [2.75, 3.05) is 13.2 Å². The van der Waals surface area contributed by atoms with Crippen molar-refractivity contribution >= 4 is 35.0 Å². The van der Waals surface area contributed by atoms with Crippen molar-refractivity contribution in [2.24, 2.45) is 4.99 Å². The zero-order valence-corrected chi connectivity index (χ0v) is 21.5. The number of rotatable bonds is 8. The summed E-state index contributed by atoms with van der Waals surface area (Å²) in [6.45, 7) is 4.53. The highest BCUT2D eigenvalue weighted by Crippen LogP contribution is 2.33. The van der Waals surface area contributed by atoms with E-state index in [2.05, 4.69) is 4.99 Å². The molecule has 4 rings (SSSR count). The summed E-state index contributed by atoms with van der Waals surface area (Å²) >= 11 is 1.12. The lowest BCUT2D eigenvalue weighted by Crippen LogP contribution is -2.40. The van der Waals surface area contributed by atoms with Crippen LogP contribution in [-0.4, -0.2) is 39.7 Å². The summed E-state index contributed by atoms with van der Waals surface area (Å²) in [5.41, 5.74) is 1.40. The SMILES string of the molecule is CCOC(=O)C1=C(C)N=c2s/c(=C/c3ccc(OCC(=O)O)cc3)c(=O)n2[C@H]1c1ccc(C)c([N+](=O)[O-])c1. The van der Waals surface area contributed by atoms with E-state index in [1.807, 2.05) is 0 Å². The highest BCUT2D eigenvalue weighted by Gasteiger charge is 2.34. The maximum atomic E-state index is 13.6. The number of fused-ring (bicyclic) bond motifs is 1. The van der Waals surface area contributed by atoms with Crippen LogP contribution in [0.3, 0.4) is 0 Å². The molecule has 0 spiro atoms. The van der Waals surface area contributed by atoms with Gasteiger partial charge in [-0.25, -0.2) is 14.6 Å². The van der Waals surface area contributed by atoms with Crippen LogP contribution in [-0.2, 0) is 14.3 Å². The quantitative estimate of drug-likeness (QED) is 0.262. The lowest BCUT2D eigenvalue weighted by Gasteiger charge is -2.24. The number of aromatic nitrogens is 1. The molecule has 3 aromatic rings. The van der Waals surface area contributed by atoms with Crippen LogP contribution >= 0.6 is 11.3 Å².